The molecule has 2 aromatic carbocycles. The maximum atomic E-state index is 13.3. The molecule has 0 fully saturated rings. The first kappa shape index (κ1) is 21.2. The van der Waals surface area contributed by atoms with Gasteiger partial charge in [0.25, 0.3) is 0 Å². The van der Waals surface area contributed by atoms with Gasteiger partial charge in [-0.2, -0.15) is 0 Å². The average molecular weight is 405 g/mol. The Kier molecular flexibility index (Phi) is 7.27. The summed E-state index contributed by atoms with van der Waals surface area (Å²) in [4.78, 5) is 31.6. The minimum atomic E-state index is -0.800. The van der Waals surface area contributed by atoms with Gasteiger partial charge in [-0.1, -0.05) is 49.4 Å². The summed E-state index contributed by atoms with van der Waals surface area (Å²) < 4.78 is 13.3. The zero-order valence-corrected chi connectivity index (χ0v) is 16.8. The summed E-state index contributed by atoms with van der Waals surface area (Å²) in [6, 6.07) is 18.0. The molecule has 2 amide bonds. The van der Waals surface area contributed by atoms with E-state index in [2.05, 4.69) is 10.3 Å². The number of nitrogens with zero attached hydrogens (tertiary/aromatic N) is 2. The van der Waals surface area contributed by atoms with Crippen molar-refractivity contribution in [1.29, 1.82) is 0 Å². The largest absolute Gasteiger partial charge is 0.350 e. The van der Waals surface area contributed by atoms with E-state index in [1.165, 1.54) is 12.1 Å². The zero-order chi connectivity index (χ0) is 21.3. The summed E-state index contributed by atoms with van der Waals surface area (Å²) in [5, 5.41) is 2.93. The van der Waals surface area contributed by atoms with Crippen LogP contribution in [-0.2, 0) is 22.7 Å². The van der Waals surface area contributed by atoms with Crippen LogP contribution < -0.4 is 5.32 Å². The molecule has 0 saturated carbocycles. The predicted octanol–water partition coefficient (Wildman–Crippen LogP) is 4.02. The summed E-state index contributed by atoms with van der Waals surface area (Å²) in [6.45, 7) is 2.29. The van der Waals surface area contributed by atoms with E-state index in [-0.39, 0.29) is 30.6 Å². The third kappa shape index (κ3) is 5.50. The lowest BCUT2D eigenvalue weighted by atomic mass is 10.0. The van der Waals surface area contributed by atoms with Crippen LogP contribution in [0.5, 0.6) is 0 Å². The van der Waals surface area contributed by atoms with E-state index in [1.807, 2.05) is 42.5 Å². The van der Waals surface area contributed by atoms with Gasteiger partial charge in [-0.05, 0) is 41.0 Å². The molecule has 1 heterocycles. The fourth-order valence-corrected chi connectivity index (χ4v) is 3.21. The molecule has 1 aromatic heterocycles. The topological polar surface area (TPSA) is 62.3 Å². The molecule has 3 aromatic rings. The van der Waals surface area contributed by atoms with Crippen molar-refractivity contribution in [3.63, 3.8) is 0 Å². The van der Waals surface area contributed by atoms with Crippen LogP contribution in [0.15, 0.2) is 79.1 Å². The van der Waals surface area contributed by atoms with Crippen LogP contribution in [0.4, 0.5) is 4.39 Å². The first-order valence-electron chi connectivity index (χ1n) is 9.84. The van der Waals surface area contributed by atoms with Gasteiger partial charge in [0.15, 0.2) is 0 Å². The zero-order valence-electron chi connectivity index (χ0n) is 16.8. The molecular formula is C24H24FN3O2. The number of nitrogens with one attached hydrogen (secondary N) is 1. The van der Waals surface area contributed by atoms with Crippen LogP contribution in [-0.4, -0.2) is 21.7 Å². The van der Waals surface area contributed by atoms with E-state index in [4.69, 9.17) is 0 Å². The highest BCUT2D eigenvalue weighted by atomic mass is 19.1. The predicted molar refractivity (Wildman–Crippen MR) is 113 cm³/mol. The molecule has 6 heteroatoms. The smallest absolute Gasteiger partial charge is 0.247 e. The van der Waals surface area contributed by atoms with Gasteiger partial charge in [0, 0.05) is 31.9 Å². The minimum Gasteiger partial charge on any atom is -0.350 e. The molecule has 1 atom stereocenters. The minimum absolute atomic E-state index is 0.160. The van der Waals surface area contributed by atoms with Gasteiger partial charge in [-0.25, -0.2) is 4.39 Å². The van der Waals surface area contributed by atoms with Crippen molar-refractivity contribution in [2.75, 3.05) is 0 Å². The number of pyridine rings is 1. The molecule has 0 aliphatic rings. The third-order valence-corrected chi connectivity index (χ3v) is 4.78. The number of aromatic nitrogens is 1. The Hall–Kier alpha value is -3.54. The van der Waals surface area contributed by atoms with E-state index in [0.29, 0.717) is 12.1 Å². The van der Waals surface area contributed by atoms with Gasteiger partial charge in [0.1, 0.15) is 11.9 Å². The second-order valence-corrected chi connectivity index (χ2v) is 6.89. The molecule has 0 aliphatic heterocycles. The number of carbonyl (C=O) groups excluding carboxylic acids is 2. The Labute approximate surface area is 175 Å². The lowest BCUT2D eigenvalue weighted by molar-refractivity contribution is -0.141. The highest BCUT2D eigenvalue weighted by molar-refractivity contribution is 5.88. The lowest BCUT2D eigenvalue weighted by Gasteiger charge is -2.31. The van der Waals surface area contributed by atoms with Crippen molar-refractivity contribution >= 4 is 11.8 Å². The van der Waals surface area contributed by atoms with Crippen LogP contribution in [0.1, 0.15) is 36.1 Å². The highest BCUT2D eigenvalue weighted by Gasteiger charge is 2.30. The van der Waals surface area contributed by atoms with E-state index in [1.54, 1.807) is 36.4 Å². The SMILES string of the molecule is CCC(=O)N(Cc1ccc(F)cc1)C(C(=O)NCc1ccncc1)c1ccccc1. The Bertz CT molecular complexity index is 963. The molecule has 0 spiro atoms. The summed E-state index contributed by atoms with van der Waals surface area (Å²) in [5.41, 5.74) is 2.38. The van der Waals surface area contributed by atoms with Gasteiger partial charge < -0.3 is 10.2 Å². The van der Waals surface area contributed by atoms with E-state index in [0.717, 1.165) is 11.1 Å². The number of hydrogen-bond donors (Lipinski definition) is 1. The first-order chi connectivity index (χ1) is 14.6. The monoisotopic (exact) mass is 405 g/mol. The summed E-state index contributed by atoms with van der Waals surface area (Å²) in [7, 11) is 0. The Morgan fingerprint density at radius 1 is 0.967 bits per heavy atom. The number of halogens is 1. The van der Waals surface area contributed by atoms with Crippen molar-refractivity contribution in [1.82, 2.24) is 15.2 Å². The van der Waals surface area contributed by atoms with E-state index >= 15 is 0 Å². The standard InChI is InChI=1S/C24H24FN3O2/c1-2-22(29)28(17-19-8-10-21(25)11-9-19)23(20-6-4-3-5-7-20)24(30)27-16-18-12-14-26-15-13-18/h3-15,23H,2,16-17H2,1H3,(H,27,30). The molecule has 3 rings (SSSR count). The summed E-state index contributed by atoms with van der Waals surface area (Å²) >= 11 is 0. The fraction of sp³-hybridized carbons (Fsp3) is 0.208. The molecule has 154 valence electrons. The molecule has 5 nitrogen and oxygen atoms in total. The van der Waals surface area contributed by atoms with Gasteiger partial charge in [0.05, 0.1) is 0 Å². The third-order valence-electron chi connectivity index (χ3n) is 4.78. The molecule has 1 unspecified atom stereocenters. The molecule has 0 aliphatic carbocycles. The van der Waals surface area contributed by atoms with Crippen LogP contribution >= 0.6 is 0 Å². The lowest BCUT2D eigenvalue weighted by Crippen LogP contribution is -2.43. The number of carbonyl (C=O) groups is 2. The molecule has 0 radical (unpaired) electrons. The molecule has 30 heavy (non-hydrogen) atoms. The van der Waals surface area contributed by atoms with E-state index in [9.17, 15) is 14.0 Å². The van der Waals surface area contributed by atoms with Gasteiger partial charge >= 0.3 is 0 Å². The summed E-state index contributed by atoms with van der Waals surface area (Å²) in [5.74, 6) is -0.781. The Morgan fingerprint density at radius 3 is 2.27 bits per heavy atom. The molecule has 0 bridgehead atoms. The maximum Gasteiger partial charge on any atom is 0.247 e. The second kappa shape index (κ2) is 10.3. The van der Waals surface area contributed by atoms with Crippen LogP contribution in [0.3, 0.4) is 0 Å². The first-order valence-corrected chi connectivity index (χ1v) is 9.84. The van der Waals surface area contributed by atoms with Crippen LogP contribution in [0, 0.1) is 5.82 Å². The second-order valence-electron chi connectivity index (χ2n) is 6.89. The average Bonchev–Trinajstić information content (AvgIpc) is 2.79. The van der Waals surface area contributed by atoms with Crippen molar-refractivity contribution in [2.45, 2.75) is 32.5 Å². The number of hydrogen-bond acceptors (Lipinski definition) is 3. The Morgan fingerprint density at radius 2 is 1.63 bits per heavy atom. The fourth-order valence-electron chi connectivity index (χ4n) is 3.21. The normalized spacial score (nSPS) is 11.5. The highest BCUT2D eigenvalue weighted by Crippen LogP contribution is 2.25. The summed E-state index contributed by atoms with van der Waals surface area (Å²) in [6.07, 6.45) is 3.58. The number of amides is 2. The number of rotatable bonds is 8. The van der Waals surface area contributed by atoms with Crippen LogP contribution in [0.25, 0.3) is 0 Å². The maximum absolute atomic E-state index is 13.3. The Balaban J connectivity index is 1.89. The van der Waals surface area contributed by atoms with Crippen LogP contribution in [0.2, 0.25) is 0 Å². The number of benzene rings is 2. The quantitative estimate of drug-likeness (QED) is 0.616. The van der Waals surface area contributed by atoms with Gasteiger partial charge in [-0.3, -0.25) is 14.6 Å². The van der Waals surface area contributed by atoms with E-state index < -0.39 is 6.04 Å². The van der Waals surface area contributed by atoms with Crippen molar-refractivity contribution in [2.24, 2.45) is 0 Å². The van der Waals surface area contributed by atoms with Gasteiger partial charge in [-0.15, -0.1) is 0 Å². The molecule has 1 N–H and O–H groups in total. The van der Waals surface area contributed by atoms with Crippen molar-refractivity contribution in [3.8, 4) is 0 Å². The van der Waals surface area contributed by atoms with Crippen molar-refractivity contribution in [3.05, 3.63) is 102 Å². The molecular weight excluding hydrogens is 381 g/mol. The van der Waals surface area contributed by atoms with Gasteiger partial charge in [0.2, 0.25) is 11.8 Å². The van der Waals surface area contributed by atoms with Crippen molar-refractivity contribution < 1.29 is 14.0 Å². The molecule has 0 saturated heterocycles.